The maximum Gasteiger partial charge on any atom is 0.253 e. The third-order valence-electron chi connectivity index (χ3n) is 6.04. The first-order valence-electron chi connectivity index (χ1n) is 10.8. The Balaban J connectivity index is 1.29. The normalized spacial score (nSPS) is 19.0. The van der Waals surface area contributed by atoms with Crippen LogP contribution in [-0.2, 0) is 11.3 Å². The van der Waals surface area contributed by atoms with Gasteiger partial charge in [0, 0.05) is 44.0 Å². The summed E-state index contributed by atoms with van der Waals surface area (Å²) in [5.74, 6) is -0.747. The standard InChI is InChI=1S/C24H28FN3O2/c25-21-9-7-19(8-10-21)24(30)28-15-3-4-20(17-28)23(29)26-16-18-5-11-22(12-6-18)27-13-1-2-14-27/h5-12,20H,1-4,13-17H2,(H,26,29). The average Bonchev–Trinajstić information content (AvgIpc) is 3.33. The van der Waals surface area contributed by atoms with Crippen molar-refractivity contribution < 1.29 is 14.0 Å². The summed E-state index contributed by atoms with van der Waals surface area (Å²) in [6.07, 6.45) is 4.06. The highest BCUT2D eigenvalue weighted by atomic mass is 19.1. The molecule has 2 aromatic carbocycles. The molecule has 158 valence electrons. The van der Waals surface area contributed by atoms with Gasteiger partial charge in [-0.1, -0.05) is 12.1 Å². The number of hydrogen-bond donors (Lipinski definition) is 1. The molecule has 2 aromatic rings. The minimum atomic E-state index is -0.365. The third-order valence-corrected chi connectivity index (χ3v) is 6.04. The lowest BCUT2D eigenvalue weighted by Gasteiger charge is -2.32. The van der Waals surface area contributed by atoms with E-state index in [1.165, 1.54) is 42.8 Å². The van der Waals surface area contributed by atoms with E-state index in [0.29, 0.717) is 25.2 Å². The molecule has 4 rings (SSSR count). The molecule has 30 heavy (non-hydrogen) atoms. The van der Waals surface area contributed by atoms with E-state index in [4.69, 9.17) is 0 Å². The molecule has 6 heteroatoms. The summed E-state index contributed by atoms with van der Waals surface area (Å²) >= 11 is 0. The predicted octanol–water partition coefficient (Wildman–Crippen LogP) is 3.59. The SMILES string of the molecule is O=C(NCc1ccc(N2CCCC2)cc1)C1CCCN(C(=O)c2ccc(F)cc2)C1. The molecule has 5 nitrogen and oxygen atoms in total. The molecule has 2 saturated heterocycles. The van der Waals surface area contributed by atoms with Crippen molar-refractivity contribution in [1.82, 2.24) is 10.2 Å². The first-order valence-corrected chi connectivity index (χ1v) is 10.8. The fourth-order valence-corrected chi connectivity index (χ4v) is 4.28. The van der Waals surface area contributed by atoms with Gasteiger partial charge in [-0.25, -0.2) is 4.39 Å². The van der Waals surface area contributed by atoms with Crippen molar-refractivity contribution in [2.45, 2.75) is 32.2 Å². The largest absolute Gasteiger partial charge is 0.372 e. The lowest BCUT2D eigenvalue weighted by Crippen LogP contribution is -2.45. The summed E-state index contributed by atoms with van der Waals surface area (Å²) in [4.78, 5) is 29.4. The van der Waals surface area contributed by atoms with E-state index in [0.717, 1.165) is 31.5 Å². The highest BCUT2D eigenvalue weighted by Gasteiger charge is 2.28. The van der Waals surface area contributed by atoms with Gasteiger partial charge in [0.25, 0.3) is 5.91 Å². The predicted molar refractivity (Wildman–Crippen MR) is 115 cm³/mol. The zero-order chi connectivity index (χ0) is 20.9. The van der Waals surface area contributed by atoms with Crippen LogP contribution in [0.4, 0.5) is 10.1 Å². The van der Waals surface area contributed by atoms with E-state index in [-0.39, 0.29) is 23.5 Å². The number of benzene rings is 2. The molecule has 0 radical (unpaired) electrons. The van der Waals surface area contributed by atoms with E-state index in [9.17, 15) is 14.0 Å². The van der Waals surface area contributed by atoms with E-state index in [1.54, 1.807) is 4.90 Å². The lowest BCUT2D eigenvalue weighted by atomic mass is 9.96. The Morgan fingerprint density at radius 2 is 1.63 bits per heavy atom. The Labute approximate surface area is 176 Å². The van der Waals surface area contributed by atoms with Crippen molar-refractivity contribution in [3.63, 3.8) is 0 Å². The van der Waals surface area contributed by atoms with Crippen molar-refractivity contribution >= 4 is 17.5 Å². The Morgan fingerprint density at radius 1 is 0.933 bits per heavy atom. The Bertz CT molecular complexity index is 876. The maximum absolute atomic E-state index is 13.1. The molecule has 1 atom stereocenters. The topological polar surface area (TPSA) is 52.7 Å². The fraction of sp³-hybridized carbons (Fsp3) is 0.417. The van der Waals surface area contributed by atoms with Crippen LogP contribution < -0.4 is 10.2 Å². The second-order valence-corrected chi connectivity index (χ2v) is 8.18. The van der Waals surface area contributed by atoms with Gasteiger partial charge in [0.05, 0.1) is 5.92 Å². The van der Waals surface area contributed by atoms with Gasteiger partial charge in [-0.05, 0) is 67.6 Å². The zero-order valence-electron chi connectivity index (χ0n) is 17.1. The molecule has 2 aliphatic rings. The van der Waals surface area contributed by atoms with Gasteiger partial charge in [0.2, 0.25) is 5.91 Å². The van der Waals surface area contributed by atoms with Gasteiger partial charge in [0.1, 0.15) is 5.82 Å². The molecule has 2 aliphatic heterocycles. The van der Waals surface area contributed by atoms with E-state index < -0.39 is 0 Å². The Hall–Kier alpha value is -2.89. The van der Waals surface area contributed by atoms with E-state index in [1.807, 2.05) is 0 Å². The summed E-state index contributed by atoms with van der Waals surface area (Å²) in [5, 5.41) is 3.02. The highest BCUT2D eigenvalue weighted by Crippen LogP contribution is 2.21. The lowest BCUT2D eigenvalue weighted by molar-refractivity contribution is -0.126. The van der Waals surface area contributed by atoms with Gasteiger partial charge in [-0.2, -0.15) is 0 Å². The monoisotopic (exact) mass is 409 g/mol. The van der Waals surface area contributed by atoms with Gasteiger partial charge < -0.3 is 15.1 Å². The average molecular weight is 410 g/mol. The first kappa shape index (κ1) is 20.4. The molecule has 0 spiro atoms. The van der Waals surface area contributed by atoms with Crippen LogP contribution >= 0.6 is 0 Å². The number of hydrogen-bond acceptors (Lipinski definition) is 3. The number of amides is 2. The second-order valence-electron chi connectivity index (χ2n) is 8.18. The van der Waals surface area contributed by atoms with Crippen molar-refractivity contribution in [3.05, 3.63) is 65.5 Å². The number of nitrogens with one attached hydrogen (secondary N) is 1. The molecule has 0 bridgehead atoms. The molecule has 2 heterocycles. The smallest absolute Gasteiger partial charge is 0.253 e. The summed E-state index contributed by atoms with van der Waals surface area (Å²) in [6.45, 7) is 3.74. The number of piperidine rings is 1. The van der Waals surface area contributed by atoms with Crippen LogP contribution in [0.25, 0.3) is 0 Å². The molecule has 0 aromatic heterocycles. The summed E-state index contributed by atoms with van der Waals surface area (Å²) in [6, 6.07) is 13.9. The molecule has 1 unspecified atom stereocenters. The molecular weight excluding hydrogens is 381 g/mol. The van der Waals surface area contributed by atoms with E-state index in [2.05, 4.69) is 34.5 Å². The van der Waals surface area contributed by atoms with Crippen molar-refractivity contribution in [3.8, 4) is 0 Å². The van der Waals surface area contributed by atoms with Crippen LogP contribution in [0, 0.1) is 11.7 Å². The van der Waals surface area contributed by atoms with Crippen LogP contribution in [0.2, 0.25) is 0 Å². The molecular formula is C24H28FN3O2. The Morgan fingerprint density at radius 3 is 2.33 bits per heavy atom. The van der Waals surface area contributed by atoms with Crippen molar-refractivity contribution in [1.29, 1.82) is 0 Å². The summed E-state index contributed by atoms with van der Waals surface area (Å²) < 4.78 is 13.1. The summed E-state index contributed by atoms with van der Waals surface area (Å²) in [7, 11) is 0. The fourth-order valence-electron chi connectivity index (χ4n) is 4.28. The van der Waals surface area contributed by atoms with Gasteiger partial charge >= 0.3 is 0 Å². The molecule has 0 saturated carbocycles. The first-order chi connectivity index (χ1) is 14.6. The molecule has 0 aliphatic carbocycles. The number of anilines is 1. The summed E-state index contributed by atoms with van der Waals surface area (Å²) in [5.41, 5.74) is 2.77. The number of likely N-dealkylation sites (tertiary alicyclic amines) is 1. The van der Waals surface area contributed by atoms with E-state index >= 15 is 0 Å². The van der Waals surface area contributed by atoms with Crippen molar-refractivity contribution in [2.75, 3.05) is 31.1 Å². The van der Waals surface area contributed by atoms with Crippen LogP contribution in [0.1, 0.15) is 41.6 Å². The van der Waals surface area contributed by atoms with Crippen LogP contribution in [0.3, 0.4) is 0 Å². The van der Waals surface area contributed by atoms with Gasteiger partial charge in [0.15, 0.2) is 0 Å². The quantitative estimate of drug-likeness (QED) is 0.821. The molecule has 1 N–H and O–H groups in total. The van der Waals surface area contributed by atoms with Crippen molar-refractivity contribution in [2.24, 2.45) is 5.92 Å². The third kappa shape index (κ3) is 4.81. The zero-order valence-corrected chi connectivity index (χ0v) is 17.1. The van der Waals surface area contributed by atoms with Crippen LogP contribution in [0.15, 0.2) is 48.5 Å². The second kappa shape index (κ2) is 9.28. The minimum absolute atomic E-state index is 0.0183. The number of carbonyl (C=O) groups excluding carboxylic acids is 2. The highest BCUT2D eigenvalue weighted by molar-refractivity contribution is 5.94. The van der Waals surface area contributed by atoms with Crippen LogP contribution in [0.5, 0.6) is 0 Å². The van der Waals surface area contributed by atoms with Gasteiger partial charge in [-0.15, -0.1) is 0 Å². The number of rotatable bonds is 5. The minimum Gasteiger partial charge on any atom is -0.372 e. The maximum atomic E-state index is 13.1. The number of nitrogens with zero attached hydrogens (tertiary/aromatic N) is 2. The van der Waals surface area contributed by atoms with Gasteiger partial charge in [-0.3, -0.25) is 9.59 Å². The molecule has 2 fully saturated rings. The number of carbonyl (C=O) groups is 2. The Kier molecular flexibility index (Phi) is 6.31. The molecule has 2 amide bonds. The van der Waals surface area contributed by atoms with Crippen LogP contribution in [-0.4, -0.2) is 42.9 Å². The number of halogens is 1.